The second-order valence-electron chi connectivity index (χ2n) is 7.16. The summed E-state index contributed by atoms with van der Waals surface area (Å²) in [5.74, 6) is 0.0816. The Morgan fingerprint density at radius 2 is 2.22 bits per heavy atom. The van der Waals surface area contributed by atoms with Gasteiger partial charge in [0, 0.05) is 44.1 Å². The van der Waals surface area contributed by atoms with E-state index in [1.165, 1.54) is 4.88 Å². The van der Waals surface area contributed by atoms with Crippen molar-refractivity contribution in [2.24, 2.45) is 0 Å². The van der Waals surface area contributed by atoms with Crippen LogP contribution in [0.3, 0.4) is 0 Å². The third kappa shape index (κ3) is 3.64. The summed E-state index contributed by atoms with van der Waals surface area (Å²) in [4.78, 5) is 28.1. The summed E-state index contributed by atoms with van der Waals surface area (Å²) < 4.78 is 6.21. The van der Waals surface area contributed by atoms with Crippen LogP contribution in [-0.2, 0) is 28.0 Å². The van der Waals surface area contributed by atoms with E-state index in [4.69, 9.17) is 4.74 Å². The van der Waals surface area contributed by atoms with Crippen molar-refractivity contribution in [3.05, 3.63) is 39.3 Å². The first-order chi connectivity index (χ1) is 13.1. The predicted octanol–water partition coefficient (Wildman–Crippen LogP) is 1.85. The molecule has 0 atom stereocenters. The molecule has 2 aromatic rings. The molecule has 0 bridgehead atoms. The van der Waals surface area contributed by atoms with Crippen LogP contribution in [-0.4, -0.2) is 53.2 Å². The van der Waals surface area contributed by atoms with Crippen molar-refractivity contribution in [3.8, 4) is 0 Å². The first kappa shape index (κ1) is 18.2. The number of amides is 2. The molecule has 0 radical (unpaired) electrons. The monoisotopic (exact) mass is 388 g/mol. The first-order valence-electron chi connectivity index (χ1n) is 9.36. The van der Waals surface area contributed by atoms with E-state index in [0.717, 1.165) is 41.7 Å². The number of hydrogen-bond acceptors (Lipinski definition) is 5. The number of aromatic nitrogens is 2. The Labute approximate surface area is 162 Å². The highest BCUT2D eigenvalue weighted by molar-refractivity contribution is 7.14. The third-order valence-electron chi connectivity index (χ3n) is 5.50. The molecule has 1 spiro atoms. The Hall–Kier alpha value is -2.19. The van der Waals surface area contributed by atoms with Crippen LogP contribution in [0.5, 0.6) is 0 Å². The van der Waals surface area contributed by atoms with Gasteiger partial charge >= 0.3 is 0 Å². The highest BCUT2D eigenvalue weighted by Gasteiger charge is 2.42. The summed E-state index contributed by atoms with van der Waals surface area (Å²) >= 11 is 1.57. The number of aromatic amines is 1. The number of ether oxygens (including phenoxy) is 1. The zero-order valence-corrected chi connectivity index (χ0v) is 16.2. The van der Waals surface area contributed by atoms with Crippen LogP contribution < -0.4 is 5.32 Å². The predicted molar refractivity (Wildman–Crippen MR) is 102 cm³/mol. The van der Waals surface area contributed by atoms with Gasteiger partial charge in [0.25, 0.3) is 5.91 Å². The molecule has 0 aromatic carbocycles. The lowest BCUT2D eigenvalue weighted by Crippen LogP contribution is -2.47. The maximum atomic E-state index is 12.6. The van der Waals surface area contributed by atoms with E-state index in [9.17, 15) is 9.59 Å². The molecule has 8 heteroatoms. The first-order valence-corrected chi connectivity index (χ1v) is 10.2. The van der Waals surface area contributed by atoms with Gasteiger partial charge in [0.15, 0.2) is 0 Å². The normalized spacial score (nSPS) is 18.3. The molecule has 2 aliphatic rings. The zero-order valence-electron chi connectivity index (χ0n) is 15.4. The summed E-state index contributed by atoms with van der Waals surface area (Å²) in [6, 6.07) is 2.01. The fraction of sp³-hybridized carbons (Fsp3) is 0.526. The smallest absolute Gasteiger partial charge is 0.261 e. The minimum atomic E-state index is -0.342. The van der Waals surface area contributed by atoms with Crippen molar-refractivity contribution in [1.82, 2.24) is 20.4 Å². The molecule has 0 aliphatic carbocycles. The van der Waals surface area contributed by atoms with Crippen molar-refractivity contribution in [1.29, 1.82) is 0 Å². The van der Waals surface area contributed by atoms with Gasteiger partial charge in [0.2, 0.25) is 5.91 Å². The Morgan fingerprint density at radius 3 is 2.93 bits per heavy atom. The van der Waals surface area contributed by atoms with Gasteiger partial charge in [0.1, 0.15) is 0 Å². The lowest BCUT2D eigenvalue weighted by Gasteiger charge is -2.43. The topological polar surface area (TPSA) is 87.3 Å². The number of nitrogens with zero attached hydrogens (tertiary/aromatic N) is 2. The van der Waals surface area contributed by atoms with E-state index in [1.54, 1.807) is 24.5 Å². The van der Waals surface area contributed by atoms with E-state index < -0.39 is 0 Å². The van der Waals surface area contributed by atoms with Crippen LogP contribution in [0, 0.1) is 0 Å². The van der Waals surface area contributed by atoms with E-state index in [0.29, 0.717) is 26.2 Å². The number of thiophene rings is 1. The van der Waals surface area contributed by atoms with E-state index in [1.807, 2.05) is 17.2 Å². The number of nitrogens with one attached hydrogen (secondary N) is 2. The van der Waals surface area contributed by atoms with Crippen molar-refractivity contribution in [2.75, 3.05) is 26.2 Å². The van der Waals surface area contributed by atoms with Gasteiger partial charge in [-0.1, -0.05) is 0 Å². The Bertz CT molecular complexity index is 822. The number of piperidine rings is 1. The lowest BCUT2D eigenvalue weighted by atomic mass is 9.82. The van der Waals surface area contributed by atoms with Crippen LogP contribution in [0.15, 0.2) is 18.5 Å². The molecule has 0 saturated carbocycles. The molecule has 1 saturated heterocycles. The molecule has 2 amide bonds. The average Bonchev–Trinajstić information content (AvgIpc) is 3.32. The minimum Gasteiger partial charge on any atom is -0.370 e. The fourth-order valence-corrected chi connectivity index (χ4v) is 5.09. The Morgan fingerprint density at radius 1 is 1.41 bits per heavy atom. The van der Waals surface area contributed by atoms with E-state index in [-0.39, 0.29) is 17.4 Å². The number of fused-ring (bicyclic) bond motifs is 2. The summed E-state index contributed by atoms with van der Waals surface area (Å²) in [6.07, 6.45) is 6.78. The highest BCUT2D eigenvalue weighted by Crippen LogP contribution is 2.44. The number of H-pyrrole nitrogens is 1. The van der Waals surface area contributed by atoms with Crippen LogP contribution in [0.2, 0.25) is 0 Å². The molecular weight excluding hydrogens is 364 g/mol. The molecule has 0 unspecified atom stereocenters. The van der Waals surface area contributed by atoms with Gasteiger partial charge in [-0.05, 0) is 36.5 Å². The second-order valence-corrected chi connectivity index (χ2v) is 8.30. The maximum absolute atomic E-state index is 12.6. The van der Waals surface area contributed by atoms with E-state index in [2.05, 4.69) is 15.5 Å². The van der Waals surface area contributed by atoms with Gasteiger partial charge in [-0.2, -0.15) is 5.10 Å². The maximum Gasteiger partial charge on any atom is 0.261 e. The summed E-state index contributed by atoms with van der Waals surface area (Å²) in [7, 11) is 0. The molecule has 4 rings (SSSR count). The second kappa shape index (κ2) is 7.44. The van der Waals surface area contributed by atoms with Gasteiger partial charge in [-0.3, -0.25) is 14.7 Å². The molecule has 144 valence electrons. The van der Waals surface area contributed by atoms with Crippen LogP contribution in [0.25, 0.3) is 0 Å². The summed E-state index contributed by atoms with van der Waals surface area (Å²) in [5, 5.41) is 9.68. The molecule has 4 heterocycles. The highest BCUT2D eigenvalue weighted by atomic mass is 32.1. The SMILES string of the molecule is CC(=O)N1CCC2(CC1)OCCc1sc(C(=O)NCCc3cn[nH]c3)cc12. The molecule has 2 aliphatic heterocycles. The van der Waals surface area contributed by atoms with Gasteiger partial charge < -0.3 is 15.0 Å². The zero-order chi connectivity index (χ0) is 18.9. The number of likely N-dealkylation sites (tertiary alicyclic amines) is 1. The summed E-state index contributed by atoms with van der Waals surface area (Å²) in [6.45, 7) is 4.28. The van der Waals surface area contributed by atoms with Crippen molar-refractivity contribution < 1.29 is 14.3 Å². The Balaban J connectivity index is 1.44. The summed E-state index contributed by atoms with van der Waals surface area (Å²) in [5.41, 5.74) is 1.89. The lowest BCUT2D eigenvalue weighted by molar-refractivity contribution is -0.138. The van der Waals surface area contributed by atoms with Crippen LogP contribution in [0.1, 0.15) is 45.4 Å². The Kier molecular flexibility index (Phi) is 5.01. The number of carbonyl (C=O) groups is 2. The molecule has 2 N–H and O–H groups in total. The largest absolute Gasteiger partial charge is 0.370 e. The quantitative estimate of drug-likeness (QED) is 0.837. The number of hydrogen-bond donors (Lipinski definition) is 2. The molecule has 2 aromatic heterocycles. The van der Waals surface area contributed by atoms with Crippen molar-refractivity contribution in [3.63, 3.8) is 0 Å². The van der Waals surface area contributed by atoms with Crippen molar-refractivity contribution in [2.45, 2.75) is 38.2 Å². The van der Waals surface area contributed by atoms with Crippen LogP contribution in [0.4, 0.5) is 0 Å². The number of rotatable bonds is 4. The number of carbonyl (C=O) groups excluding carboxylic acids is 2. The fourth-order valence-electron chi connectivity index (χ4n) is 3.95. The molecule has 7 nitrogen and oxygen atoms in total. The van der Waals surface area contributed by atoms with E-state index >= 15 is 0 Å². The van der Waals surface area contributed by atoms with Crippen molar-refractivity contribution >= 4 is 23.2 Å². The third-order valence-corrected chi connectivity index (χ3v) is 6.70. The average molecular weight is 388 g/mol. The van der Waals surface area contributed by atoms with Gasteiger partial charge in [-0.25, -0.2) is 0 Å². The van der Waals surface area contributed by atoms with Gasteiger partial charge in [0.05, 0.1) is 23.3 Å². The van der Waals surface area contributed by atoms with Crippen LogP contribution >= 0.6 is 11.3 Å². The molecule has 27 heavy (non-hydrogen) atoms. The molecular formula is C19H24N4O3S. The molecule has 1 fully saturated rings. The standard InChI is InChI=1S/C19H24N4O3S/c1-13(24)23-7-4-19(5-8-23)15-10-17(27-16(15)3-9-26-19)18(25)20-6-2-14-11-21-22-12-14/h10-12H,2-9H2,1H3,(H,20,25)(H,21,22). The van der Waals surface area contributed by atoms with Gasteiger partial charge in [-0.15, -0.1) is 11.3 Å². The minimum absolute atomic E-state index is 0.0331.